The van der Waals surface area contributed by atoms with Gasteiger partial charge in [-0.25, -0.2) is 0 Å². The maximum absolute atomic E-state index is 12.5. The number of carbonyl (C=O) groups excluding carboxylic acids is 2. The standard InChI is InChI=1S/C13H22N2O2S/c1-3-13(4-2)12(17)15(9-11(16)14-13)8-10-6-5-7-18-10/h10H,3-9H2,1-2H3,(H,14,16). The van der Waals surface area contributed by atoms with E-state index in [1.807, 2.05) is 25.6 Å². The van der Waals surface area contributed by atoms with Crippen molar-refractivity contribution in [2.24, 2.45) is 0 Å². The first kappa shape index (κ1) is 13.7. The summed E-state index contributed by atoms with van der Waals surface area (Å²) in [6, 6.07) is 0. The van der Waals surface area contributed by atoms with Crippen LogP contribution in [0.1, 0.15) is 39.5 Å². The van der Waals surface area contributed by atoms with E-state index in [9.17, 15) is 9.59 Å². The summed E-state index contributed by atoms with van der Waals surface area (Å²) in [6.45, 7) is 4.90. The van der Waals surface area contributed by atoms with Gasteiger partial charge in [0.15, 0.2) is 0 Å². The molecule has 2 heterocycles. The fraction of sp³-hybridized carbons (Fsp3) is 0.846. The number of amides is 2. The topological polar surface area (TPSA) is 49.4 Å². The molecule has 4 nitrogen and oxygen atoms in total. The lowest BCUT2D eigenvalue weighted by atomic mass is 9.89. The van der Waals surface area contributed by atoms with E-state index in [4.69, 9.17) is 0 Å². The van der Waals surface area contributed by atoms with E-state index in [-0.39, 0.29) is 18.4 Å². The van der Waals surface area contributed by atoms with Gasteiger partial charge in [-0.1, -0.05) is 13.8 Å². The Labute approximate surface area is 113 Å². The van der Waals surface area contributed by atoms with Crippen molar-refractivity contribution in [2.45, 2.75) is 50.3 Å². The molecule has 18 heavy (non-hydrogen) atoms. The monoisotopic (exact) mass is 270 g/mol. The molecule has 0 aromatic carbocycles. The smallest absolute Gasteiger partial charge is 0.248 e. The van der Waals surface area contributed by atoms with E-state index in [1.165, 1.54) is 18.6 Å². The number of nitrogens with one attached hydrogen (secondary N) is 1. The summed E-state index contributed by atoms with van der Waals surface area (Å²) in [7, 11) is 0. The quantitative estimate of drug-likeness (QED) is 0.840. The van der Waals surface area contributed by atoms with Gasteiger partial charge in [0, 0.05) is 11.8 Å². The number of rotatable bonds is 4. The predicted molar refractivity (Wildman–Crippen MR) is 73.5 cm³/mol. The van der Waals surface area contributed by atoms with Crippen molar-refractivity contribution >= 4 is 23.6 Å². The molecule has 2 fully saturated rings. The third kappa shape index (κ3) is 2.51. The van der Waals surface area contributed by atoms with Gasteiger partial charge in [0.2, 0.25) is 11.8 Å². The average molecular weight is 270 g/mol. The summed E-state index contributed by atoms with van der Waals surface area (Å²) in [5.74, 6) is 1.28. The van der Waals surface area contributed by atoms with Crippen LogP contribution >= 0.6 is 11.8 Å². The van der Waals surface area contributed by atoms with E-state index in [0.29, 0.717) is 18.1 Å². The zero-order chi connectivity index (χ0) is 13.2. The second-order valence-electron chi connectivity index (χ2n) is 5.16. The number of carbonyl (C=O) groups is 2. The van der Waals surface area contributed by atoms with Crippen LogP contribution < -0.4 is 5.32 Å². The third-order valence-corrected chi connectivity index (χ3v) is 5.45. The number of piperazine rings is 1. The summed E-state index contributed by atoms with van der Waals surface area (Å²) in [4.78, 5) is 26.1. The molecule has 2 amide bonds. The molecule has 0 aromatic rings. The Morgan fingerprint density at radius 3 is 2.67 bits per heavy atom. The highest BCUT2D eigenvalue weighted by Gasteiger charge is 2.44. The summed E-state index contributed by atoms with van der Waals surface area (Å²) in [6.07, 6.45) is 3.74. The van der Waals surface area contributed by atoms with Crippen molar-refractivity contribution in [3.05, 3.63) is 0 Å². The molecule has 0 saturated carbocycles. The van der Waals surface area contributed by atoms with E-state index in [1.54, 1.807) is 4.90 Å². The van der Waals surface area contributed by atoms with Gasteiger partial charge < -0.3 is 10.2 Å². The molecule has 2 rings (SSSR count). The van der Waals surface area contributed by atoms with Crippen LogP contribution in [-0.2, 0) is 9.59 Å². The number of hydrogen-bond acceptors (Lipinski definition) is 3. The van der Waals surface area contributed by atoms with Crippen molar-refractivity contribution in [1.29, 1.82) is 0 Å². The minimum Gasteiger partial charge on any atom is -0.340 e. The Hall–Kier alpha value is -0.710. The van der Waals surface area contributed by atoms with Crippen LogP contribution in [0.5, 0.6) is 0 Å². The van der Waals surface area contributed by atoms with Crippen molar-refractivity contribution in [2.75, 3.05) is 18.8 Å². The Kier molecular flexibility index (Phi) is 4.20. The molecule has 1 atom stereocenters. The molecule has 1 unspecified atom stereocenters. The molecule has 0 bridgehead atoms. The number of thioether (sulfide) groups is 1. The number of hydrogen-bond donors (Lipinski definition) is 1. The maximum atomic E-state index is 12.5. The van der Waals surface area contributed by atoms with Crippen molar-refractivity contribution in [1.82, 2.24) is 10.2 Å². The van der Waals surface area contributed by atoms with Crippen LogP contribution in [0.2, 0.25) is 0 Å². The fourth-order valence-corrected chi connectivity index (χ4v) is 4.10. The first-order valence-corrected chi connectivity index (χ1v) is 7.88. The second kappa shape index (κ2) is 5.51. The van der Waals surface area contributed by atoms with Gasteiger partial charge in [-0.05, 0) is 31.4 Å². The lowest BCUT2D eigenvalue weighted by Crippen LogP contribution is -2.66. The van der Waals surface area contributed by atoms with E-state index in [0.717, 1.165) is 6.54 Å². The van der Waals surface area contributed by atoms with Gasteiger partial charge in [-0.2, -0.15) is 11.8 Å². The van der Waals surface area contributed by atoms with Crippen LogP contribution in [0.4, 0.5) is 0 Å². The minimum atomic E-state index is -0.654. The first-order chi connectivity index (χ1) is 8.61. The third-order valence-electron chi connectivity index (χ3n) is 4.06. The van der Waals surface area contributed by atoms with Crippen LogP contribution in [0.25, 0.3) is 0 Å². The summed E-state index contributed by atoms with van der Waals surface area (Å²) < 4.78 is 0. The van der Waals surface area contributed by atoms with Crippen LogP contribution in [0.3, 0.4) is 0 Å². The van der Waals surface area contributed by atoms with Gasteiger partial charge >= 0.3 is 0 Å². The predicted octanol–water partition coefficient (Wildman–Crippen LogP) is 1.40. The minimum absolute atomic E-state index is 0.0127. The Bertz CT molecular complexity index is 336. The molecular formula is C13H22N2O2S. The molecule has 2 aliphatic rings. The highest BCUT2D eigenvalue weighted by atomic mass is 32.2. The van der Waals surface area contributed by atoms with E-state index in [2.05, 4.69) is 5.32 Å². The zero-order valence-electron chi connectivity index (χ0n) is 11.2. The van der Waals surface area contributed by atoms with Crippen LogP contribution in [0, 0.1) is 0 Å². The molecule has 5 heteroatoms. The zero-order valence-corrected chi connectivity index (χ0v) is 12.0. The summed E-state index contributed by atoms with van der Waals surface area (Å²) in [5.41, 5.74) is -0.654. The molecular weight excluding hydrogens is 248 g/mol. The largest absolute Gasteiger partial charge is 0.340 e. The lowest BCUT2D eigenvalue weighted by Gasteiger charge is -2.41. The Morgan fingerprint density at radius 1 is 1.39 bits per heavy atom. The van der Waals surface area contributed by atoms with Gasteiger partial charge in [0.25, 0.3) is 0 Å². The summed E-state index contributed by atoms with van der Waals surface area (Å²) >= 11 is 1.93. The van der Waals surface area contributed by atoms with Crippen LogP contribution in [-0.4, -0.2) is 46.3 Å². The summed E-state index contributed by atoms with van der Waals surface area (Å²) in [5, 5.41) is 3.42. The molecule has 2 saturated heterocycles. The second-order valence-corrected chi connectivity index (χ2v) is 6.57. The number of nitrogens with zero attached hydrogens (tertiary/aromatic N) is 1. The Morgan fingerprint density at radius 2 is 2.11 bits per heavy atom. The van der Waals surface area contributed by atoms with Gasteiger partial charge in [-0.3, -0.25) is 9.59 Å². The van der Waals surface area contributed by atoms with Crippen LogP contribution in [0.15, 0.2) is 0 Å². The normalized spacial score (nSPS) is 27.4. The van der Waals surface area contributed by atoms with Crippen molar-refractivity contribution in [3.63, 3.8) is 0 Å². The molecule has 102 valence electrons. The molecule has 0 aromatic heterocycles. The molecule has 0 spiro atoms. The molecule has 2 aliphatic heterocycles. The van der Waals surface area contributed by atoms with Gasteiger partial charge in [0.1, 0.15) is 5.54 Å². The van der Waals surface area contributed by atoms with Gasteiger partial charge in [0.05, 0.1) is 6.54 Å². The maximum Gasteiger partial charge on any atom is 0.248 e. The van der Waals surface area contributed by atoms with Crippen molar-refractivity contribution < 1.29 is 9.59 Å². The van der Waals surface area contributed by atoms with Gasteiger partial charge in [-0.15, -0.1) is 0 Å². The average Bonchev–Trinajstić information content (AvgIpc) is 2.86. The highest BCUT2D eigenvalue weighted by Crippen LogP contribution is 2.29. The molecule has 1 N–H and O–H groups in total. The SMILES string of the molecule is CCC1(CC)NC(=O)CN(CC2CCCS2)C1=O. The fourth-order valence-electron chi connectivity index (χ4n) is 2.82. The Balaban J connectivity index is 2.09. The first-order valence-electron chi connectivity index (χ1n) is 6.83. The van der Waals surface area contributed by atoms with Crippen molar-refractivity contribution in [3.8, 4) is 0 Å². The van der Waals surface area contributed by atoms with E-state index >= 15 is 0 Å². The lowest BCUT2D eigenvalue weighted by molar-refractivity contribution is -0.150. The molecule has 0 aliphatic carbocycles. The highest BCUT2D eigenvalue weighted by molar-refractivity contribution is 8.00. The van der Waals surface area contributed by atoms with E-state index < -0.39 is 5.54 Å². The molecule has 0 radical (unpaired) electrons.